The second kappa shape index (κ2) is 3.90. The van der Waals surface area contributed by atoms with E-state index in [4.69, 9.17) is 5.11 Å². The molecule has 1 atom stereocenters. The summed E-state index contributed by atoms with van der Waals surface area (Å²) < 4.78 is 0. The molecule has 0 bridgehead atoms. The Morgan fingerprint density at radius 1 is 1.19 bits per heavy atom. The molecular formula is C12H11NO3. The third-order valence-electron chi connectivity index (χ3n) is 2.34. The van der Waals surface area contributed by atoms with E-state index < -0.39 is 6.10 Å². The molecule has 0 spiro atoms. The standard InChI is InChI=1S/C12H11NO3/c1-8(14)6-7-13-11(15)9-4-2-3-5-10(9)12(13)16/h2-8,14H,1H3/b7-6+. The van der Waals surface area contributed by atoms with Gasteiger partial charge in [0.05, 0.1) is 17.2 Å². The normalized spacial score (nSPS) is 17.0. The van der Waals surface area contributed by atoms with Gasteiger partial charge in [-0.15, -0.1) is 0 Å². The highest BCUT2D eigenvalue weighted by Gasteiger charge is 2.33. The third kappa shape index (κ3) is 1.63. The number of hydrogen-bond acceptors (Lipinski definition) is 3. The van der Waals surface area contributed by atoms with Crippen molar-refractivity contribution in [1.82, 2.24) is 4.90 Å². The summed E-state index contributed by atoms with van der Waals surface area (Å²) in [6.45, 7) is 1.55. The van der Waals surface area contributed by atoms with Crippen LogP contribution >= 0.6 is 0 Å². The molecule has 0 fully saturated rings. The number of amides is 2. The SMILES string of the molecule is CC(O)/C=C/N1C(=O)c2ccccc2C1=O. The fourth-order valence-corrected chi connectivity index (χ4v) is 1.55. The molecule has 1 aliphatic rings. The van der Waals surface area contributed by atoms with Gasteiger partial charge in [0, 0.05) is 6.20 Å². The van der Waals surface area contributed by atoms with Gasteiger partial charge >= 0.3 is 0 Å². The molecule has 1 unspecified atom stereocenters. The molecular weight excluding hydrogens is 206 g/mol. The predicted molar refractivity (Wildman–Crippen MR) is 57.8 cm³/mol. The molecule has 1 aromatic rings. The molecule has 1 aromatic carbocycles. The van der Waals surface area contributed by atoms with E-state index in [1.54, 1.807) is 31.2 Å². The largest absolute Gasteiger partial charge is 0.389 e. The first kappa shape index (κ1) is 10.6. The Hall–Kier alpha value is -1.94. The number of aliphatic hydroxyl groups excluding tert-OH is 1. The first-order chi connectivity index (χ1) is 7.61. The molecule has 0 saturated carbocycles. The van der Waals surface area contributed by atoms with Crippen LogP contribution in [-0.4, -0.2) is 27.9 Å². The molecule has 1 heterocycles. The Morgan fingerprint density at radius 3 is 2.12 bits per heavy atom. The molecule has 2 rings (SSSR count). The monoisotopic (exact) mass is 217 g/mol. The maximum Gasteiger partial charge on any atom is 0.265 e. The Kier molecular flexibility index (Phi) is 2.58. The van der Waals surface area contributed by atoms with Crippen molar-refractivity contribution in [2.75, 3.05) is 0 Å². The Balaban J connectivity index is 2.35. The molecule has 4 nitrogen and oxygen atoms in total. The predicted octanol–water partition coefficient (Wildman–Crippen LogP) is 1.18. The average Bonchev–Trinajstić information content (AvgIpc) is 2.50. The van der Waals surface area contributed by atoms with Crippen molar-refractivity contribution in [3.8, 4) is 0 Å². The number of benzene rings is 1. The first-order valence-electron chi connectivity index (χ1n) is 4.94. The van der Waals surface area contributed by atoms with Crippen molar-refractivity contribution in [3.63, 3.8) is 0 Å². The van der Waals surface area contributed by atoms with Crippen LogP contribution in [0.25, 0.3) is 0 Å². The van der Waals surface area contributed by atoms with Crippen LogP contribution < -0.4 is 0 Å². The Bertz CT molecular complexity index is 442. The van der Waals surface area contributed by atoms with Gasteiger partial charge < -0.3 is 5.11 Å². The molecule has 82 valence electrons. The van der Waals surface area contributed by atoms with Crippen molar-refractivity contribution in [3.05, 3.63) is 47.7 Å². The van der Waals surface area contributed by atoms with Crippen LogP contribution in [0.4, 0.5) is 0 Å². The van der Waals surface area contributed by atoms with Gasteiger partial charge in [-0.2, -0.15) is 0 Å². The molecule has 4 heteroatoms. The summed E-state index contributed by atoms with van der Waals surface area (Å²) >= 11 is 0. The van der Waals surface area contributed by atoms with E-state index in [0.717, 1.165) is 4.90 Å². The number of imide groups is 1. The van der Waals surface area contributed by atoms with E-state index in [1.807, 2.05) is 0 Å². The van der Waals surface area contributed by atoms with Crippen molar-refractivity contribution >= 4 is 11.8 Å². The van der Waals surface area contributed by atoms with E-state index in [0.29, 0.717) is 11.1 Å². The number of fused-ring (bicyclic) bond motifs is 1. The highest BCUT2D eigenvalue weighted by molar-refractivity contribution is 6.22. The minimum absolute atomic E-state index is 0.350. The molecule has 0 aromatic heterocycles. The van der Waals surface area contributed by atoms with Crippen molar-refractivity contribution in [1.29, 1.82) is 0 Å². The summed E-state index contributed by atoms with van der Waals surface area (Å²) in [6.07, 6.45) is 2.01. The average molecular weight is 217 g/mol. The second-order valence-electron chi connectivity index (χ2n) is 3.61. The molecule has 1 N–H and O–H groups in total. The van der Waals surface area contributed by atoms with E-state index >= 15 is 0 Å². The zero-order valence-electron chi connectivity index (χ0n) is 8.75. The number of rotatable bonds is 2. The van der Waals surface area contributed by atoms with Crippen LogP contribution in [0.1, 0.15) is 27.6 Å². The summed E-state index contributed by atoms with van der Waals surface area (Å²) in [4.78, 5) is 24.6. The molecule has 0 aliphatic carbocycles. The summed E-state index contributed by atoms with van der Waals surface area (Å²) in [5, 5.41) is 9.07. The number of nitrogens with zero attached hydrogens (tertiary/aromatic N) is 1. The van der Waals surface area contributed by atoms with Crippen molar-refractivity contribution in [2.24, 2.45) is 0 Å². The molecule has 1 aliphatic heterocycles. The summed E-state index contributed by atoms with van der Waals surface area (Å²) in [5.41, 5.74) is 0.811. The van der Waals surface area contributed by atoms with Gasteiger partial charge in [-0.25, -0.2) is 4.90 Å². The maximum atomic E-state index is 11.8. The minimum atomic E-state index is -0.690. The van der Waals surface area contributed by atoms with E-state index in [1.165, 1.54) is 12.3 Å². The van der Waals surface area contributed by atoms with E-state index in [9.17, 15) is 9.59 Å². The fraction of sp³-hybridized carbons (Fsp3) is 0.167. The van der Waals surface area contributed by atoms with Crippen LogP contribution in [0.3, 0.4) is 0 Å². The van der Waals surface area contributed by atoms with Crippen LogP contribution in [0.15, 0.2) is 36.5 Å². The molecule has 2 amide bonds. The second-order valence-corrected chi connectivity index (χ2v) is 3.61. The Morgan fingerprint density at radius 2 is 1.69 bits per heavy atom. The van der Waals surface area contributed by atoms with E-state index in [2.05, 4.69) is 0 Å². The van der Waals surface area contributed by atoms with Crippen LogP contribution in [0.2, 0.25) is 0 Å². The number of carbonyl (C=O) groups is 2. The Labute approximate surface area is 92.8 Å². The molecule has 16 heavy (non-hydrogen) atoms. The quantitative estimate of drug-likeness (QED) is 0.757. The fourth-order valence-electron chi connectivity index (χ4n) is 1.55. The van der Waals surface area contributed by atoms with Gasteiger partial charge in [-0.05, 0) is 25.1 Å². The lowest BCUT2D eigenvalue weighted by Gasteiger charge is -2.07. The topological polar surface area (TPSA) is 57.6 Å². The summed E-state index contributed by atoms with van der Waals surface area (Å²) in [7, 11) is 0. The van der Waals surface area contributed by atoms with Gasteiger partial charge in [0.15, 0.2) is 0 Å². The summed E-state index contributed by atoms with van der Waals surface area (Å²) in [6, 6.07) is 6.66. The van der Waals surface area contributed by atoms with Crippen LogP contribution in [-0.2, 0) is 0 Å². The van der Waals surface area contributed by atoms with Gasteiger partial charge in [-0.3, -0.25) is 9.59 Å². The van der Waals surface area contributed by atoms with Gasteiger partial charge in [-0.1, -0.05) is 12.1 Å². The third-order valence-corrected chi connectivity index (χ3v) is 2.34. The summed E-state index contributed by atoms with van der Waals surface area (Å²) in [5.74, 6) is -0.699. The number of carbonyl (C=O) groups excluding carboxylic acids is 2. The first-order valence-corrected chi connectivity index (χ1v) is 4.94. The highest BCUT2D eigenvalue weighted by Crippen LogP contribution is 2.22. The van der Waals surface area contributed by atoms with Crippen molar-refractivity contribution in [2.45, 2.75) is 13.0 Å². The van der Waals surface area contributed by atoms with E-state index in [-0.39, 0.29) is 11.8 Å². The lowest BCUT2D eigenvalue weighted by molar-refractivity contribution is 0.0720. The smallest absolute Gasteiger partial charge is 0.265 e. The highest BCUT2D eigenvalue weighted by atomic mass is 16.3. The van der Waals surface area contributed by atoms with Gasteiger partial charge in [0.2, 0.25) is 0 Å². The lowest BCUT2D eigenvalue weighted by atomic mass is 10.1. The zero-order valence-corrected chi connectivity index (χ0v) is 8.75. The van der Waals surface area contributed by atoms with Crippen LogP contribution in [0.5, 0.6) is 0 Å². The molecule has 0 saturated heterocycles. The molecule has 0 radical (unpaired) electrons. The minimum Gasteiger partial charge on any atom is -0.389 e. The number of hydrogen-bond donors (Lipinski definition) is 1. The lowest BCUT2D eigenvalue weighted by Crippen LogP contribution is -2.23. The van der Waals surface area contributed by atoms with Gasteiger partial charge in [0.1, 0.15) is 0 Å². The van der Waals surface area contributed by atoms with Crippen LogP contribution in [0, 0.1) is 0 Å². The zero-order chi connectivity index (χ0) is 11.7. The van der Waals surface area contributed by atoms with Gasteiger partial charge in [0.25, 0.3) is 11.8 Å². The maximum absolute atomic E-state index is 11.8. The van der Waals surface area contributed by atoms with Crippen molar-refractivity contribution < 1.29 is 14.7 Å². The number of aliphatic hydroxyl groups is 1.